The van der Waals surface area contributed by atoms with E-state index in [1.54, 1.807) is 6.08 Å². The third-order valence-electron chi connectivity index (χ3n) is 2.36. The van der Waals surface area contributed by atoms with E-state index in [4.69, 9.17) is 14.5 Å². The van der Waals surface area contributed by atoms with E-state index >= 15 is 0 Å². The average Bonchev–Trinajstić information content (AvgIpc) is 2.24. The van der Waals surface area contributed by atoms with Gasteiger partial charge in [0, 0.05) is 12.5 Å². The van der Waals surface area contributed by atoms with E-state index in [1.165, 1.54) is 5.82 Å². The van der Waals surface area contributed by atoms with Crippen LogP contribution in [0.2, 0.25) is 0 Å². The normalized spacial score (nSPS) is 30.6. The van der Waals surface area contributed by atoms with E-state index in [-0.39, 0.29) is 12.1 Å². The zero-order valence-electron chi connectivity index (χ0n) is 9.33. The number of likely N-dealkylation sites (N-methyl/N-ethyl adjacent to an activating group) is 1. The summed E-state index contributed by atoms with van der Waals surface area (Å²) in [6, 6.07) is 0.208. The number of rotatable bonds is 2. The van der Waals surface area contributed by atoms with Gasteiger partial charge in [0.1, 0.15) is 15.2 Å². The van der Waals surface area contributed by atoms with Crippen molar-refractivity contribution in [3.8, 4) is 0 Å². The lowest BCUT2D eigenvalue weighted by Crippen LogP contribution is -2.27. The summed E-state index contributed by atoms with van der Waals surface area (Å²) in [6.45, 7) is 1.79. The molecule has 0 aromatic heterocycles. The number of nitrogens with zero attached hydrogens (tertiary/aromatic N) is 1. The minimum absolute atomic E-state index is 0.0760. The molecule has 2 atom stereocenters. The van der Waals surface area contributed by atoms with Gasteiger partial charge in [0.25, 0.3) is 0 Å². The van der Waals surface area contributed by atoms with Crippen molar-refractivity contribution in [1.82, 2.24) is 4.90 Å². The molecule has 0 bridgehead atoms. The first-order valence-electron chi connectivity index (χ1n) is 5.09. The Hall–Kier alpha value is -0.0551. The Labute approximate surface area is 92.1 Å². The topological polar surface area (TPSA) is 52.9 Å². The molecule has 1 saturated heterocycles. The second kappa shape index (κ2) is 5.33. The maximum atomic E-state index is 9.15. The first kappa shape index (κ1) is 13.0. The molecule has 15 heavy (non-hydrogen) atoms. The fourth-order valence-electron chi connectivity index (χ4n) is 1.55. The minimum atomic E-state index is -3.07. The molecule has 0 amide bonds. The maximum Gasteiger partial charge on any atom is 0.139 e. The second-order valence-corrected chi connectivity index (χ2v) is 6.03. The molecule has 2 unspecified atom stereocenters. The van der Waals surface area contributed by atoms with Gasteiger partial charge in [-0.3, -0.25) is 0 Å². The highest BCUT2D eigenvalue weighted by molar-refractivity contribution is 7.65. The van der Waals surface area contributed by atoms with Gasteiger partial charge in [0.05, 0.1) is 6.10 Å². The Morgan fingerprint density at radius 1 is 1.60 bits per heavy atom. The summed E-state index contributed by atoms with van der Waals surface area (Å²) in [7, 11) is 1.00. The second-order valence-electron chi connectivity index (χ2n) is 4.16. The third kappa shape index (κ3) is 5.54. The zero-order valence-corrected chi connectivity index (χ0v) is 10.2. The van der Waals surface area contributed by atoms with Crippen molar-refractivity contribution in [3.05, 3.63) is 11.9 Å². The van der Waals surface area contributed by atoms with Crippen LogP contribution in [0.25, 0.3) is 0 Å². The molecule has 1 aliphatic heterocycles. The van der Waals surface area contributed by atoms with Crippen LogP contribution < -0.4 is 0 Å². The SMILES string of the molecule is BC1CCN(C)CC(/C=C/P(=C)(O)O)O1. The summed E-state index contributed by atoms with van der Waals surface area (Å²) in [5.41, 5.74) is 0. The van der Waals surface area contributed by atoms with Crippen molar-refractivity contribution in [2.24, 2.45) is 0 Å². The quantitative estimate of drug-likeness (QED) is 0.494. The van der Waals surface area contributed by atoms with Gasteiger partial charge >= 0.3 is 0 Å². The smallest absolute Gasteiger partial charge is 0.139 e. The highest BCUT2D eigenvalue weighted by atomic mass is 31.2. The van der Waals surface area contributed by atoms with E-state index < -0.39 is 7.34 Å². The van der Waals surface area contributed by atoms with Crippen LogP contribution in [-0.4, -0.2) is 61.1 Å². The van der Waals surface area contributed by atoms with Crippen molar-refractivity contribution < 1.29 is 14.5 Å². The van der Waals surface area contributed by atoms with Crippen LogP contribution in [0.4, 0.5) is 0 Å². The number of ether oxygens (including phenoxy) is 1. The van der Waals surface area contributed by atoms with E-state index in [2.05, 4.69) is 11.2 Å². The van der Waals surface area contributed by atoms with Gasteiger partial charge < -0.3 is 19.4 Å². The Kier molecular flexibility index (Phi) is 4.62. The summed E-state index contributed by atoms with van der Waals surface area (Å²) in [5.74, 6) is 1.36. The van der Waals surface area contributed by atoms with Gasteiger partial charge in [-0.25, -0.2) is 0 Å². The van der Waals surface area contributed by atoms with Gasteiger partial charge in [-0.1, -0.05) is 0 Å². The van der Waals surface area contributed by atoms with Gasteiger partial charge in [-0.05, 0) is 38.2 Å². The zero-order chi connectivity index (χ0) is 11.5. The fourth-order valence-corrected chi connectivity index (χ4v) is 2.02. The highest BCUT2D eigenvalue weighted by Gasteiger charge is 2.18. The number of hydrogen-bond acceptors (Lipinski definition) is 4. The van der Waals surface area contributed by atoms with Crippen LogP contribution in [0.1, 0.15) is 6.42 Å². The molecule has 2 N–H and O–H groups in total. The standard InChI is InChI=1S/C9H19BNO3P/c1-11-5-3-9(10)14-8(7-11)4-6-15(2,12)13/h4,6,8-9,12-13H,2-3,5,7,10H2,1H3/b6-4+. The van der Waals surface area contributed by atoms with E-state index in [1.807, 2.05) is 14.9 Å². The summed E-state index contributed by atoms with van der Waals surface area (Å²) < 4.78 is 5.72. The Bertz CT molecular complexity index is 267. The minimum Gasteiger partial charge on any atom is -0.379 e. The first-order valence-corrected chi connectivity index (χ1v) is 7.03. The fraction of sp³-hybridized carbons (Fsp3) is 0.667. The van der Waals surface area contributed by atoms with E-state index in [0.717, 1.165) is 19.5 Å². The monoisotopic (exact) mass is 231 g/mol. The molecule has 0 radical (unpaired) electrons. The molecule has 1 fully saturated rings. The molecular weight excluding hydrogens is 212 g/mol. The van der Waals surface area contributed by atoms with Crippen molar-refractivity contribution in [1.29, 1.82) is 0 Å². The third-order valence-corrected chi connectivity index (χ3v) is 3.01. The summed E-state index contributed by atoms with van der Waals surface area (Å²) in [5, 5.41) is 0. The number of hydrogen-bond donors (Lipinski definition) is 2. The van der Waals surface area contributed by atoms with Crippen LogP contribution in [0, 0.1) is 0 Å². The largest absolute Gasteiger partial charge is 0.379 e. The maximum absolute atomic E-state index is 9.15. The predicted octanol–water partition coefficient (Wildman–Crippen LogP) is -0.556. The molecule has 0 aromatic rings. The van der Waals surface area contributed by atoms with Crippen LogP contribution >= 0.6 is 7.34 Å². The molecule has 1 heterocycles. The molecular formula is C9H19BNO3P. The average molecular weight is 231 g/mol. The predicted molar refractivity (Wildman–Crippen MR) is 66.9 cm³/mol. The molecule has 6 heteroatoms. The summed E-state index contributed by atoms with van der Waals surface area (Å²) in [6.07, 6.45) is 5.92. The lowest BCUT2D eigenvalue weighted by molar-refractivity contribution is 0.0661. The molecule has 86 valence electrons. The van der Waals surface area contributed by atoms with E-state index in [9.17, 15) is 0 Å². The molecule has 1 rings (SSSR count). The Morgan fingerprint density at radius 3 is 2.87 bits per heavy atom. The van der Waals surface area contributed by atoms with Crippen molar-refractivity contribution in [2.45, 2.75) is 18.5 Å². The lowest BCUT2D eigenvalue weighted by atomic mass is 9.97. The van der Waals surface area contributed by atoms with Gasteiger partial charge in [0.2, 0.25) is 0 Å². The van der Waals surface area contributed by atoms with Crippen LogP contribution in [0.5, 0.6) is 0 Å². The van der Waals surface area contributed by atoms with Crippen molar-refractivity contribution in [3.63, 3.8) is 0 Å². The highest BCUT2D eigenvalue weighted by Crippen LogP contribution is 2.35. The van der Waals surface area contributed by atoms with Gasteiger partial charge in [0.15, 0.2) is 0 Å². The van der Waals surface area contributed by atoms with Crippen molar-refractivity contribution >= 4 is 21.5 Å². The first-order chi connectivity index (χ1) is 6.87. The molecule has 0 aromatic carbocycles. The molecule has 0 aliphatic carbocycles. The van der Waals surface area contributed by atoms with Gasteiger partial charge in [-0.15, -0.1) is 0 Å². The molecule has 1 aliphatic rings. The molecule has 0 saturated carbocycles. The van der Waals surface area contributed by atoms with Crippen LogP contribution in [0.15, 0.2) is 11.9 Å². The molecule has 0 spiro atoms. The van der Waals surface area contributed by atoms with Crippen LogP contribution in [0.3, 0.4) is 0 Å². The van der Waals surface area contributed by atoms with E-state index in [0.29, 0.717) is 0 Å². The van der Waals surface area contributed by atoms with Crippen LogP contribution in [-0.2, 0) is 4.74 Å². The molecule has 4 nitrogen and oxygen atoms in total. The summed E-state index contributed by atoms with van der Waals surface area (Å²) >= 11 is 0. The Morgan fingerprint density at radius 2 is 2.27 bits per heavy atom. The van der Waals surface area contributed by atoms with Gasteiger partial charge in [-0.2, -0.15) is 0 Å². The summed E-state index contributed by atoms with van der Waals surface area (Å²) in [4.78, 5) is 20.5. The Balaban J connectivity index is 2.59. The lowest BCUT2D eigenvalue weighted by Gasteiger charge is -2.18. The van der Waals surface area contributed by atoms with Crippen molar-refractivity contribution in [2.75, 3.05) is 20.1 Å².